The van der Waals surface area contributed by atoms with E-state index in [1.54, 1.807) is 6.92 Å². The van der Waals surface area contributed by atoms with E-state index in [4.69, 9.17) is 10.00 Å². The molecule has 1 saturated heterocycles. The fraction of sp³-hybridized carbons (Fsp3) is 0.889. The van der Waals surface area contributed by atoms with Crippen LogP contribution in [0.15, 0.2) is 0 Å². The molecule has 0 aliphatic carbocycles. The summed E-state index contributed by atoms with van der Waals surface area (Å²) in [5, 5.41) is 11.7. The van der Waals surface area contributed by atoms with Gasteiger partial charge in [-0.05, 0) is 38.8 Å². The highest BCUT2D eigenvalue weighted by atomic mass is 16.5. The van der Waals surface area contributed by atoms with Gasteiger partial charge in [0, 0.05) is 6.61 Å². The summed E-state index contributed by atoms with van der Waals surface area (Å²) in [7, 11) is 0. The van der Waals surface area contributed by atoms with Gasteiger partial charge in [-0.1, -0.05) is 0 Å². The maximum atomic E-state index is 8.44. The number of nitriles is 1. The van der Waals surface area contributed by atoms with E-state index in [-0.39, 0.29) is 6.10 Å². The van der Waals surface area contributed by atoms with Crippen LogP contribution >= 0.6 is 0 Å². The van der Waals surface area contributed by atoms with Crippen LogP contribution in [-0.2, 0) is 4.74 Å². The van der Waals surface area contributed by atoms with Crippen LogP contribution in [0.4, 0.5) is 0 Å². The van der Waals surface area contributed by atoms with Crippen molar-refractivity contribution in [1.82, 2.24) is 5.32 Å². The second-order valence-electron chi connectivity index (χ2n) is 3.29. The van der Waals surface area contributed by atoms with Crippen molar-refractivity contribution in [2.75, 3.05) is 19.7 Å². The van der Waals surface area contributed by atoms with Crippen LogP contribution in [0.1, 0.15) is 19.8 Å². The van der Waals surface area contributed by atoms with E-state index >= 15 is 0 Å². The molecule has 0 spiro atoms. The van der Waals surface area contributed by atoms with Gasteiger partial charge in [0.25, 0.3) is 0 Å². The van der Waals surface area contributed by atoms with E-state index in [2.05, 4.69) is 11.4 Å². The minimum Gasteiger partial charge on any atom is -0.364 e. The molecule has 12 heavy (non-hydrogen) atoms. The Morgan fingerprint density at radius 3 is 3.17 bits per heavy atom. The first kappa shape index (κ1) is 9.50. The topological polar surface area (TPSA) is 45.0 Å². The second kappa shape index (κ2) is 5.13. The van der Waals surface area contributed by atoms with Crippen molar-refractivity contribution in [3.8, 4) is 6.07 Å². The van der Waals surface area contributed by atoms with Gasteiger partial charge in [0.05, 0.1) is 6.07 Å². The van der Waals surface area contributed by atoms with Crippen molar-refractivity contribution in [1.29, 1.82) is 5.26 Å². The number of nitrogens with zero attached hydrogens (tertiary/aromatic N) is 1. The summed E-state index contributed by atoms with van der Waals surface area (Å²) in [6.07, 6.45) is 2.09. The Morgan fingerprint density at radius 1 is 1.75 bits per heavy atom. The lowest BCUT2D eigenvalue weighted by Gasteiger charge is -2.09. The summed E-state index contributed by atoms with van der Waals surface area (Å²) in [6.45, 7) is 4.76. The zero-order chi connectivity index (χ0) is 8.81. The molecule has 2 unspecified atom stereocenters. The third-order valence-corrected chi connectivity index (χ3v) is 2.24. The van der Waals surface area contributed by atoms with E-state index in [9.17, 15) is 0 Å². The molecule has 0 radical (unpaired) electrons. The van der Waals surface area contributed by atoms with E-state index in [0.717, 1.165) is 32.0 Å². The van der Waals surface area contributed by atoms with Gasteiger partial charge in [-0.25, -0.2) is 0 Å². The normalized spacial score (nSPS) is 25.2. The maximum Gasteiger partial charge on any atom is 0.141 e. The summed E-state index contributed by atoms with van der Waals surface area (Å²) in [4.78, 5) is 0. The van der Waals surface area contributed by atoms with E-state index in [0.29, 0.717) is 0 Å². The monoisotopic (exact) mass is 168 g/mol. The molecule has 3 nitrogen and oxygen atoms in total. The smallest absolute Gasteiger partial charge is 0.141 e. The lowest BCUT2D eigenvalue weighted by molar-refractivity contribution is 0.0917. The van der Waals surface area contributed by atoms with Crippen LogP contribution in [0.3, 0.4) is 0 Å². The highest BCUT2D eigenvalue weighted by molar-refractivity contribution is 4.79. The maximum absolute atomic E-state index is 8.44. The van der Waals surface area contributed by atoms with Gasteiger partial charge >= 0.3 is 0 Å². The predicted octanol–water partition coefficient (Wildman–Crippen LogP) is 0.915. The molecule has 0 aromatic rings. The molecule has 0 bridgehead atoms. The molecular weight excluding hydrogens is 152 g/mol. The average Bonchev–Trinajstić information content (AvgIpc) is 2.57. The van der Waals surface area contributed by atoms with Gasteiger partial charge in [-0.2, -0.15) is 5.26 Å². The largest absolute Gasteiger partial charge is 0.364 e. The van der Waals surface area contributed by atoms with Crippen molar-refractivity contribution in [3.63, 3.8) is 0 Å². The first-order valence-electron chi connectivity index (χ1n) is 4.55. The molecule has 0 aromatic carbocycles. The van der Waals surface area contributed by atoms with Crippen molar-refractivity contribution in [2.24, 2.45) is 5.92 Å². The van der Waals surface area contributed by atoms with Crippen LogP contribution in [0.25, 0.3) is 0 Å². The van der Waals surface area contributed by atoms with Gasteiger partial charge in [-0.15, -0.1) is 0 Å². The Hall–Kier alpha value is -0.590. The molecule has 1 rings (SSSR count). The van der Waals surface area contributed by atoms with Crippen LogP contribution < -0.4 is 5.32 Å². The summed E-state index contributed by atoms with van der Waals surface area (Å²) in [6, 6.07) is 2.05. The Bertz CT molecular complexity index is 158. The van der Waals surface area contributed by atoms with Crippen molar-refractivity contribution < 1.29 is 4.74 Å². The van der Waals surface area contributed by atoms with Gasteiger partial charge in [0.1, 0.15) is 6.10 Å². The molecule has 1 N–H and O–H groups in total. The van der Waals surface area contributed by atoms with Crippen LogP contribution in [0, 0.1) is 17.2 Å². The molecule has 1 aliphatic heterocycles. The third kappa shape index (κ3) is 3.21. The van der Waals surface area contributed by atoms with Crippen LogP contribution in [0.5, 0.6) is 0 Å². The molecule has 0 amide bonds. The minimum absolute atomic E-state index is 0.251. The van der Waals surface area contributed by atoms with Crippen LogP contribution in [0.2, 0.25) is 0 Å². The highest BCUT2D eigenvalue weighted by Gasteiger charge is 2.13. The molecular formula is C9H16N2O. The SMILES string of the molecule is CC(C#N)OCCC1CCNC1. The predicted molar refractivity (Wildman–Crippen MR) is 46.6 cm³/mol. The molecule has 1 fully saturated rings. The summed E-state index contributed by atoms with van der Waals surface area (Å²) in [5.41, 5.74) is 0. The van der Waals surface area contributed by atoms with E-state index in [1.807, 2.05) is 0 Å². The lowest BCUT2D eigenvalue weighted by Crippen LogP contribution is -2.13. The first-order chi connectivity index (χ1) is 5.83. The Balaban J connectivity index is 1.98. The molecule has 1 aliphatic rings. The van der Waals surface area contributed by atoms with Crippen LogP contribution in [-0.4, -0.2) is 25.8 Å². The van der Waals surface area contributed by atoms with E-state index in [1.165, 1.54) is 6.42 Å². The van der Waals surface area contributed by atoms with Crippen molar-refractivity contribution in [3.05, 3.63) is 0 Å². The number of ether oxygens (including phenoxy) is 1. The average molecular weight is 168 g/mol. The zero-order valence-corrected chi connectivity index (χ0v) is 7.55. The molecule has 0 aromatic heterocycles. The second-order valence-corrected chi connectivity index (χ2v) is 3.29. The number of nitrogens with one attached hydrogen (secondary N) is 1. The van der Waals surface area contributed by atoms with Gasteiger partial charge < -0.3 is 10.1 Å². The van der Waals surface area contributed by atoms with Crippen molar-refractivity contribution in [2.45, 2.75) is 25.9 Å². The first-order valence-corrected chi connectivity index (χ1v) is 4.55. The fourth-order valence-corrected chi connectivity index (χ4v) is 1.41. The lowest BCUT2D eigenvalue weighted by atomic mass is 10.1. The molecule has 3 heteroatoms. The summed E-state index contributed by atoms with van der Waals surface area (Å²) >= 11 is 0. The van der Waals surface area contributed by atoms with Gasteiger partial charge in [0.2, 0.25) is 0 Å². The number of hydrogen-bond acceptors (Lipinski definition) is 3. The number of hydrogen-bond donors (Lipinski definition) is 1. The Morgan fingerprint density at radius 2 is 2.58 bits per heavy atom. The molecule has 0 saturated carbocycles. The highest BCUT2D eigenvalue weighted by Crippen LogP contribution is 2.11. The minimum atomic E-state index is -0.251. The Labute approximate surface area is 73.7 Å². The summed E-state index contributed by atoms with van der Waals surface area (Å²) < 4.78 is 5.26. The summed E-state index contributed by atoms with van der Waals surface area (Å²) in [5.74, 6) is 0.760. The molecule has 68 valence electrons. The van der Waals surface area contributed by atoms with Gasteiger partial charge in [-0.3, -0.25) is 0 Å². The molecule has 1 heterocycles. The zero-order valence-electron chi connectivity index (χ0n) is 7.55. The van der Waals surface area contributed by atoms with E-state index < -0.39 is 0 Å². The van der Waals surface area contributed by atoms with Gasteiger partial charge in [0.15, 0.2) is 0 Å². The quantitative estimate of drug-likeness (QED) is 0.678. The Kier molecular flexibility index (Phi) is 4.06. The standard InChI is InChI=1S/C9H16N2O/c1-8(6-10)12-5-3-9-2-4-11-7-9/h8-9,11H,2-5,7H2,1H3. The number of rotatable bonds is 4. The fourth-order valence-electron chi connectivity index (χ4n) is 1.41. The third-order valence-electron chi connectivity index (χ3n) is 2.24. The van der Waals surface area contributed by atoms with Crippen molar-refractivity contribution >= 4 is 0 Å². The molecule has 2 atom stereocenters.